The molecule has 5 aromatic carbocycles. The van der Waals surface area contributed by atoms with Gasteiger partial charge in [0, 0.05) is 29.8 Å². The van der Waals surface area contributed by atoms with Crippen LogP contribution in [0.2, 0.25) is 0 Å². The van der Waals surface area contributed by atoms with E-state index < -0.39 is 0 Å². The van der Waals surface area contributed by atoms with Crippen LogP contribution in [0, 0.1) is 0 Å². The molecule has 210 valence electrons. The number of rotatable bonds is 8. The Labute approximate surface area is 246 Å². The summed E-state index contributed by atoms with van der Waals surface area (Å²) in [6.45, 7) is 0. The molecule has 0 radical (unpaired) electrons. The van der Waals surface area contributed by atoms with Crippen LogP contribution in [0.15, 0.2) is 109 Å². The summed E-state index contributed by atoms with van der Waals surface area (Å²) < 4.78 is 24.3. The molecule has 42 heavy (non-hydrogen) atoms. The fraction of sp³-hybridized carbons (Fsp3) is 0.135. The van der Waals surface area contributed by atoms with E-state index in [-0.39, 0.29) is 0 Å². The number of hydrogen-bond donors (Lipinski definition) is 0. The van der Waals surface area contributed by atoms with Gasteiger partial charge in [-0.25, -0.2) is 0 Å². The minimum atomic E-state index is 0.811. The minimum Gasteiger partial charge on any atom is -0.497 e. The van der Waals surface area contributed by atoms with E-state index in [1.807, 2.05) is 48.5 Å². The maximum Gasteiger partial charge on any atom is 0.118 e. The number of ether oxygens (including phenoxy) is 4. The predicted octanol–water partition coefficient (Wildman–Crippen LogP) is 8.88. The summed E-state index contributed by atoms with van der Waals surface area (Å²) in [6.07, 6.45) is 2.14. The predicted molar refractivity (Wildman–Crippen MR) is 171 cm³/mol. The number of aromatic nitrogens is 1. The molecule has 6 rings (SSSR count). The van der Waals surface area contributed by atoms with Crippen LogP contribution in [-0.4, -0.2) is 33.0 Å². The highest BCUT2D eigenvalue weighted by molar-refractivity contribution is 6.17. The second-order valence-electron chi connectivity index (χ2n) is 10.1. The SMILES string of the molecule is COc1ccc(-c2c(-c3ccc(OC)cc3)c(-c3ccc(OC)cc3)c3c(ccn3C)c2-c2ccc(OC)cc2)cc1. The summed E-state index contributed by atoms with van der Waals surface area (Å²) in [5.41, 5.74) is 10.1. The molecule has 0 aliphatic carbocycles. The molecule has 5 heteroatoms. The Morgan fingerprint density at radius 1 is 0.381 bits per heavy atom. The molecule has 0 atom stereocenters. The third-order valence-electron chi connectivity index (χ3n) is 7.84. The molecule has 1 heterocycles. The molecule has 5 nitrogen and oxygen atoms in total. The van der Waals surface area contributed by atoms with Crippen molar-refractivity contribution in [2.24, 2.45) is 7.05 Å². The smallest absolute Gasteiger partial charge is 0.118 e. The van der Waals surface area contributed by atoms with Crippen LogP contribution in [0.1, 0.15) is 0 Å². The van der Waals surface area contributed by atoms with Crippen molar-refractivity contribution in [2.45, 2.75) is 0 Å². The summed E-state index contributed by atoms with van der Waals surface area (Å²) in [5.74, 6) is 3.26. The van der Waals surface area contributed by atoms with Gasteiger partial charge in [-0.2, -0.15) is 0 Å². The fourth-order valence-corrected chi connectivity index (χ4v) is 5.73. The molecule has 0 unspecified atom stereocenters. The molecule has 0 aliphatic heterocycles. The first kappa shape index (κ1) is 27.0. The summed E-state index contributed by atoms with van der Waals surface area (Å²) in [5, 5.41) is 1.16. The van der Waals surface area contributed by atoms with Crippen LogP contribution >= 0.6 is 0 Å². The van der Waals surface area contributed by atoms with Crippen molar-refractivity contribution in [2.75, 3.05) is 28.4 Å². The van der Waals surface area contributed by atoms with Gasteiger partial charge in [0.15, 0.2) is 0 Å². The van der Waals surface area contributed by atoms with E-state index in [9.17, 15) is 0 Å². The minimum absolute atomic E-state index is 0.811. The third kappa shape index (κ3) is 4.73. The lowest BCUT2D eigenvalue weighted by Crippen LogP contribution is -1.99. The second-order valence-corrected chi connectivity index (χ2v) is 10.1. The number of benzene rings is 5. The Morgan fingerprint density at radius 3 is 1.05 bits per heavy atom. The lowest BCUT2D eigenvalue weighted by molar-refractivity contribution is 0.414. The van der Waals surface area contributed by atoms with Gasteiger partial charge in [-0.3, -0.25) is 0 Å². The van der Waals surface area contributed by atoms with E-state index in [2.05, 4.69) is 72.4 Å². The molecule has 0 saturated heterocycles. The summed E-state index contributed by atoms with van der Waals surface area (Å²) in [4.78, 5) is 0. The number of nitrogens with zero attached hydrogens (tertiary/aromatic N) is 1. The zero-order chi connectivity index (χ0) is 29.2. The molecule has 1 aromatic heterocycles. The number of methoxy groups -OCH3 is 4. The largest absolute Gasteiger partial charge is 0.497 e. The van der Waals surface area contributed by atoms with Crippen molar-refractivity contribution >= 4 is 10.9 Å². The Kier molecular flexibility index (Phi) is 7.32. The van der Waals surface area contributed by atoms with Crippen LogP contribution in [0.3, 0.4) is 0 Å². The zero-order valence-corrected chi connectivity index (χ0v) is 24.5. The van der Waals surface area contributed by atoms with Crippen LogP contribution < -0.4 is 18.9 Å². The summed E-state index contributed by atoms with van der Waals surface area (Å²) in [7, 11) is 8.88. The highest BCUT2D eigenvalue weighted by Gasteiger charge is 2.25. The van der Waals surface area contributed by atoms with Crippen molar-refractivity contribution in [3.63, 3.8) is 0 Å². The molecule has 0 fully saturated rings. The van der Waals surface area contributed by atoms with Gasteiger partial charge in [0.2, 0.25) is 0 Å². The molecule has 0 N–H and O–H groups in total. The fourth-order valence-electron chi connectivity index (χ4n) is 5.73. The average Bonchev–Trinajstić information content (AvgIpc) is 3.44. The molecule has 0 saturated carbocycles. The van der Waals surface area contributed by atoms with Crippen molar-refractivity contribution in [1.82, 2.24) is 4.57 Å². The van der Waals surface area contributed by atoms with Crippen molar-refractivity contribution in [1.29, 1.82) is 0 Å². The summed E-state index contributed by atoms with van der Waals surface area (Å²) in [6, 6.07) is 35.5. The maximum absolute atomic E-state index is 5.53. The lowest BCUT2D eigenvalue weighted by Gasteiger charge is -2.24. The van der Waals surface area contributed by atoms with Crippen LogP contribution in [-0.2, 0) is 7.05 Å². The van der Waals surface area contributed by atoms with Crippen LogP contribution in [0.25, 0.3) is 55.4 Å². The van der Waals surface area contributed by atoms with Gasteiger partial charge in [0.05, 0.1) is 34.0 Å². The van der Waals surface area contributed by atoms with E-state index in [1.54, 1.807) is 28.4 Å². The normalized spacial score (nSPS) is 11.0. The Hall–Kier alpha value is -5.16. The first-order valence-corrected chi connectivity index (χ1v) is 13.8. The van der Waals surface area contributed by atoms with Crippen LogP contribution in [0.5, 0.6) is 23.0 Å². The zero-order valence-electron chi connectivity index (χ0n) is 24.5. The lowest BCUT2D eigenvalue weighted by atomic mass is 9.80. The first-order valence-electron chi connectivity index (χ1n) is 13.8. The number of aryl methyl sites for hydroxylation is 1. The third-order valence-corrected chi connectivity index (χ3v) is 7.84. The summed E-state index contributed by atoms with van der Waals surface area (Å²) >= 11 is 0. The molecular weight excluding hydrogens is 522 g/mol. The van der Waals surface area contributed by atoms with Gasteiger partial charge in [0.25, 0.3) is 0 Å². The Bertz CT molecular complexity index is 1830. The van der Waals surface area contributed by atoms with Crippen LogP contribution in [0.4, 0.5) is 0 Å². The van der Waals surface area contributed by atoms with Gasteiger partial charge in [0.1, 0.15) is 23.0 Å². The van der Waals surface area contributed by atoms with Crippen molar-refractivity contribution < 1.29 is 18.9 Å². The van der Waals surface area contributed by atoms with E-state index in [1.165, 1.54) is 0 Å². The number of hydrogen-bond acceptors (Lipinski definition) is 4. The second kappa shape index (κ2) is 11.4. The molecule has 0 amide bonds. The molecular formula is C37H33NO4. The molecule has 0 aliphatic rings. The highest BCUT2D eigenvalue weighted by Crippen LogP contribution is 2.51. The van der Waals surface area contributed by atoms with Gasteiger partial charge < -0.3 is 23.5 Å². The van der Waals surface area contributed by atoms with E-state index in [0.717, 1.165) is 78.4 Å². The first-order chi connectivity index (χ1) is 20.6. The van der Waals surface area contributed by atoms with Gasteiger partial charge in [-0.05, 0) is 88.0 Å². The molecule has 0 bridgehead atoms. The van der Waals surface area contributed by atoms with E-state index >= 15 is 0 Å². The highest BCUT2D eigenvalue weighted by atomic mass is 16.5. The van der Waals surface area contributed by atoms with Gasteiger partial charge in [-0.15, -0.1) is 0 Å². The van der Waals surface area contributed by atoms with Crippen molar-refractivity contribution in [3.05, 3.63) is 109 Å². The standard InChI is InChI=1S/C37H33NO4/c1-38-23-22-32-33(24-6-14-28(39-2)15-7-24)34(25-8-16-29(40-3)17-9-25)35(26-10-18-30(41-4)19-11-26)36(37(32)38)27-12-20-31(42-5)21-13-27/h6-23H,1-5H3. The maximum atomic E-state index is 5.53. The monoisotopic (exact) mass is 555 g/mol. The average molecular weight is 556 g/mol. The Balaban J connectivity index is 1.81. The number of fused-ring (bicyclic) bond motifs is 1. The molecule has 0 spiro atoms. The quantitative estimate of drug-likeness (QED) is 0.188. The van der Waals surface area contributed by atoms with E-state index in [4.69, 9.17) is 18.9 Å². The molecule has 6 aromatic rings. The Morgan fingerprint density at radius 2 is 0.690 bits per heavy atom. The van der Waals surface area contributed by atoms with Crippen molar-refractivity contribution in [3.8, 4) is 67.5 Å². The topological polar surface area (TPSA) is 41.9 Å². The van der Waals surface area contributed by atoms with E-state index in [0.29, 0.717) is 0 Å². The van der Waals surface area contributed by atoms with Gasteiger partial charge in [-0.1, -0.05) is 48.5 Å². The van der Waals surface area contributed by atoms with Gasteiger partial charge >= 0.3 is 0 Å².